The van der Waals surface area contributed by atoms with E-state index in [1.165, 1.54) is 18.1 Å². The molecule has 250 valence electrons. The number of benzene rings is 1. The van der Waals surface area contributed by atoms with Crippen LogP contribution in [-0.2, 0) is 25.6 Å². The third-order valence-corrected chi connectivity index (χ3v) is 10.4. The minimum Gasteiger partial charge on any atom is -0.454 e. The number of hydrogen-bond acceptors (Lipinski definition) is 12. The van der Waals surface area contributed by atoms with E-state index in [-0.39, 0.29) is 31.1 Å². The lowest BCUT2D eigenvalue weighted by Crippen LogP contribution is -2.44. The minimum atomic E-state index is -0.782. The van der Waals surface area contributed by atoms with Crippen molar-refractivity contribution in [3.8, 4) is 11.5 Å². The van der Waals surface area contributed by atoms with Gasteiger partial charge in [-0.15, -0.1) is 12.4 Å². The quantitative estimate of drug-likeness (QED) is 0.282. The van der Waals surface area contributed by atoms with Gasteiger partial charge in [-0.1, -0.05) is 11.8 Å². The third-order valence-electron chi connectivity index (χ3n) is 8.46. The molecule has 3 aliphatic rings. The Morgan fingerprint density at radius 2 is 1.85 bits per heavy atom. The average molecular weight is 741 g/mol. The molecule has 1 unspecified atom stereocenters. The van der Waals surface area contributed by atoms with Crippen LogP contribution in [0.3, 0.4) is 0 Å². The van der Waals surface area contributed by atoms with Crippen LogP contribution in [0.15, 0.2) is 33.0 Å². The summed E-state index contributed by atoms with van der Waals surface area (Å²) >= 11 is 5.14. The zero-order valence-electron chi connectivity index (χ0n) is 25.7. The highest BCUT2D eigenvalue weighted by Crippen LogP contribution is 2.43. The van der Waals surface area contributed by atoms with Gasteiger partial charge in [0.2, 0.25) is 6.79 Å². The summed E-state index contributed by atoms with van der Waals surface area (Å²) in [5.41, 5.74) is 7.43. The Kier molecular flexibility index (Phi) is 11.9. The summed E-state index contributed by atoms with van der Waals surface area (Å²) in [4.78, 5) is 43.9. The number of aromatic nitrogens is 4. The number of imidazole rings is 1. The third kappa shape index (κ3) is 8.16. The van der Waals surface area contributed by atoms with Gasteiger partial charge >= 0.3 is 5.97 Å². The van der Waals surface area contributed by atoms with E-state index >= 15 is 0 Å². The number of piperidine rings is 1. The molecule has 2 N–H and O–H groups in total. The molecule has 2 fully saturated rings. The first-order valence-corrected chi connectivity index (χ1v) is 17.0. The molecule has 0 bridgehead atoms. The maximum absolute atomic E-state index is 13.1. The van der Waals surface area contributed by atoms with Gasteiger partial charge < -0.3 is 34.1 Å². The van der Waals surface area contributed by atoms with Crippen molar-refractivity contribution in [2.45, 2.75) is 61.7 Å². The molecule has 0 saturated carbocycles. The number of fused-ring (bicyclic) bond motifs is 2. The highest BCUT2D eigenvalue weighted by Gasteiger charge is 2.29. The lowest BCUT2D eigenvalue weighted by Gasteiger charge is -2.33. The molecule has 46 heavy (non-hydrogen) atoms. The molecule has 3 aromatic rings. The van der Waals surface area contributed by atoms with Gasteiger partial charge in [-0.25, -0.2) is 15.0 Å². The van der Waals surface area contributed by atoms with E-state index in [0.29, 0.717) is 66.9 Å². The van der Waals surface area contributed by atoms with Crippen molar-refractivity contribution in [2.24, 2.45) is 5.92 Å². The van der Waals surface area contributed by atoms with Gasteiger partial charge in [0.1, 0.15) is 6.33 Å². The molecule has 3 aliphatic heterocycles. The second-order valence-electron chi connectivity index (χ2n) is 11.5. The van der Waals surface area contributed by atoms with Crippen LogP contribution < -0.4 is 15.2 Å². The number of nitrogens with zero attached hydrogens (tertiary/aromatic N) is 6. The van der Waals surface area contributed by atoms with Crippen LogP contribution >= 0.6 is 40.1 Å². The summed E-state index contributed by atoms with van der Waals surface area (Å²) in [6.45, 7) is 7.90. The number of amides is 1. The van der Waals surface area contributed by atoms with Crippen molar-refractivity contribution in [2.75, 3.05) is 58.5 Å². The summed E-state index contributed by atoms with van der Waals surface area (Å²) in [6, 6.07) is 3.84. The first kappa shape index (κ1) is 34.5. The number of aryl methyl sites for hydroxylation is 1. The van der Waals surface area contributed by atoms with Crippen molar-refractivity contribution in [1.82, 2.24) is 29.3 Å². The van der Waals surface area contributed by atoms with Gasteiger partial charge in [0.15, 0.2) is 39.7 Å². The Morgan fingerprint density at radius 1 is 1.11 bits per heavy atom. The number of rotatable bonds is 11. The molecule has 1 aromatic carbocycles. The topological polar surface area (TPSA) is 147 Å². The normalized spacial score (nSPS) is 17.6. The van der Waals surface area contributed by atoms with Crippen LogP contribution in [0.2, 0.25) is 0 Å². The van der Waals surface area contributed by atoms with Gasteiger partial charge in [-0.05, 0) is 73.1 Å². The molecule has 2 saturated heterocycles. The molecular weight excluding hydrogens is 702 g/mol. The lowest BCUT2D eigenvalue weighted by molar-refractivity contribution is -0.160. The van der Waals surface area contributed by atoms with Crippen molar-refractivity contribution < 1.29 is 28.5 Å². The maximum atomic E-state index is 13.1. The van der Waals surface area contributed by atoms with Gasteiger partial charge in [0.05, 0.1) is 13.2 Å². The fourth-order valence-corrected chi connectivity index (χ4v) is 7.39. The van der Waals surface area contributed by atoms with Crippen molar-refractivity contribution in [3.05, 3.63) is 22.9 Å². The molecule has 16 heteroatoms. The van der Waals surface area contributed by atoms with E-state index in [2.05, 4.69) is 35.4 Å². The van der Waals surface area contributed by atoms with Crippen LogP contribution in [-0.4, -0.2) is 100 Å². The molecule has 1 amide bonds. The SMILES string of the molecule is CC(OC(=O)CCCN1CCOCC1)C(=O)N1CCC(CCn2c(Sc3cc4c(cc3Br)OCO4)nc3c(N)ncnc32)CC1.Cl. The van der Waals surface area contributed by atoms with E-state index in [0.717, 1.165) is 66.6 Å². The number of carbonyl (C=O) groups excluding carboxylic acids is 2. The molecule has 5 heterocycles. The molecule has 0 aliphatic carbocycles. The van der Waals surface area contributed by atoms with Gasteiger partial charge in [-0.2, -0.15) is 0 Å². The average Bonchev–Trinajstić information content (AvgIpc) is 3.65. The van der Waals surface area contributed by atoms with Gasteiger partial charge in [-0.3, -0.25) is 14.5 Å². The molecule has 2 aromatic heterocycles. The first-order chi connectivity index (χ1) is 21.9. The number of likely N-dealkylation sites (tertiary alicyclic amines) is 1. The van der Waals surface area contributed by atoms with Crippen LogP contribution in [0.5, 0.6) is 11.5 Å². The van der Waals surface area contributed by atoms with E-state index in [9.17, 15) is 9.59 Å². The Labute approximate surface area is 286 Å². The van der Waals surface area contributed by atoms with E-state index in [4.69, 9.17) is 29.7 Å². The van der Waals surface area contributed by atoms with Gasteiger partial charge in [0.25, 0.3) is 5.91 Å². The monoisotopic (exact) mass is 739 g/mol. The summed E-state index contributed by atoms with van der Waals surface area (Å²) in [5, 5.41) is 0.755. The fourth-order valence-electron chi connectivity index (χ4n) is 5.88. The number of hydrogen-bond donors (Lipinski definition) is 1. The number of esters is 1. The van der Waals surface area contributed by atoms with Crippen molar-refractivity contribution in [3.63, 3.8) is 0 Å². The second kappa shape index (κ2) is 15.8. The zero-order valence-corrected chi connectivity index (χ0v) is 28.9. The zero-order chi connectivity index (χ0) is 31.3. The van der Waals surface area contributed by atoms with Gasteiger partial charge in [0, 0.05) is 48.5 Å². The predicted octanol–water partition coefficient (Wildman–Crippen LogP) is 4.15. The number of nitrogen functional groups attached to an aromatic ring is 1. The van der Waals surface area contributed by atoms with Crippen LogP contribution in [0.1, 0.15) is 39.0 Å². The minimum absolute atomic E-state index is 0. The predicted molar refractivity (Wildman–Crippen MR) is 177 cm³/mol. The summed E-state index contributed by atoms with van der Waals surface area (Å²) < 4.78 is 24.9. The van der Waals surface area contributed by atoms with Crippen LogP contribution in [0, 0.1) is 5.92 Å². The Hall–Kier alpha value is -2.85. The number of halogens is 2. The Morgan fingerprint density at radius 3 is 2.61 bits per heavy atom. The number of nitrogens with two attached hydrogens (primary N) is 1. The van der Waals surface area contributed by atoms with Crippen LogP contribution in [0.4, 0.5) is 5.82 Å². The second-order valence-corrected chi connectivity index (χ2v) is 13.3. The molecular formula is C30H39BrClN7O6S. The Balaban J connectivity index is 0.00000417. The van der Waals surface area contributed by atoms with Crippen molar-refractivity contribution in [1.29, 1.82) is 0 Å². The number of ether oxygens (including phenoxy) is 4. The first-order valence-electron chi connectivity index (χ1n) is 15.4. The molecule has 0 spiro atoms. The van der Waals surface area contributed by atoms with Crippen molar-refractivity contribution >= 4 is 69.0 Å². The molecule has 13 nitrogen and oxygen atoms in total. The molecule has 1 atom stereocenters. The smallest absolute Gasteiger partial charge is 0.306 e. The maximum Gasteiger partial charge on any atom is 0.306 e. The highest BCUT2D eigenvalue weighted by molar-refractivity contribution is 9.10. The standard InChI is InChI=1S/C30H38BrN7O6S.ClH/c1-19(44-25(39)3-2-7-36-11-13-41-14-12-36)29(40)37-8-4-20(5-9-37)6-10-38-28-26(27(32)33-17-34-28)35-30(38)45-24-16-23-22(15-21(24)31)42-18-43-23;/h15-17,19-20H,2-14,18H2,1H3,(H2,32,33,34);1H. The van der Waals surface area contributed by atoms with E-state index in [1.807, 2.05) is 17.0 Å². The van der Waals surface area contributed by atoms with E-state index < -0.39 is 6.10 Å². The van der Waals surface area contributed by atoms with E-state index in [1.54, 1.807) is 6.92 Å². The summed E-state index contributed by atoms with van der Waals surface area (Å²) in [6.07, 6.45) is 4.32. The number of anilines is 1. The summed E-state index contributed by atoms with van der Waals surface area (Å²) in [7, 11) is 0. The van der Waals surface area contributed by atoms with Crippen LogP contribution in [0.25, 0.3) is 11.2 Å². The lowest BCUT2D eigenvalue weighted by atomic mass is 9.93. The highest BCUT2D eigenvalue weighted by atomic mass is 79.9. The number of morpholine rings is 1. The summed E-state index contributed by atoms with van der Waals surface area (Å²) in [5.74, 6) is 1.69. The molecule has 6 rings (SSSR count). The number of carbonyl (C=O) groups is 2. The largest absolute Gasteiger partial charge is 0.454 e. The fraction of sp³-hybridized carbons (Fsp3) is 0.567. The Bertz CT molecular complexity index is 1530. The molecule has 0 radical (unpaired) electrons.